The van der Waals surface area contributed by atoms with Crippen LogP contribution in [0.25, 0.3) is 6.08 Å². The van der Waals surface area contributed by atoms with E-state index in [0.717, 1.165) is 0 Å². The van der Waals surface area contributed by atoms with Gasteiger partial charge in [-0.1, -0.05) is 24.3 Å². The number of hydrogen-bond acceptors (Lipinski definition) is 6. The van der Waals surface area contributed by atoms with Crippen LogP contribution >= 0.6 is 0 Å². The summed E-state index contributed by atoms with van der Waals surface area (Å²) >= 11 is 0. The summed E-state index contributed by atoms with van der Waals surface area (Å²) in [4.78, 5) is 35.7. The Labute approximate surface area is 207 Å². The third-order valence-corrected chi connectivity index (χ3v) is 4.75. The van der Waals surface area contributed by atoms with Crippen molar-refractivity contribution in [1.29, 1.82) is 5.26 Å². The van der Waals surface area contributed by atoms with Crippen LogP contribution < -0.4 is 20.1 Å². The van der Waals surface area contributed by atoms with Crippen molar-refractivity contribution in [3.63, 3.8) is 0 Å². The largest absolute Gasteiger partial charge is 0.490 e. The van der Waals surface area contributed by atoms with Gasteiger partial charge in [-0.05, 0) is 67.1 Å². The molecular weight excluding hydrogens is 462 g/mol. The molecule has 182 valence electrons. The van der Waals surface area contributed by atoms with E-state index in [9.17, 15) is 19.6 Å². The molecule has 36 heavy (non-hydrogen) atoms. The van der Waals surface area contributed by atoms with Crippen LogP contribution in [0.1, 0.15) is 22.8 Å². The maximum absolute atomic E-state index is 12.6. The lowest BCUT2D eigenvalue weighted by Gasteiger charge is -2.13. The van der Waals surface area contributed by atoms with Crippen LogP contribution in [0.4, 0.5) is 11.4 Å². The van der Waals surface area contributed by atoms with Gasteiger partial charge in [-0.15, -0.1) is 0 Å². The van der Waals surface area contributed by atoms with Crippen LogP contribution in [0.15, 0.2) is 78.4 Å². The predicted octanol–water partition coefficient (Wildman–Crippen LogP) is 4.35. The number of para-hydroxylation sites is 1. The predicted molar refractivity (Wildman–Crippen MR) is 134 cm³/mol. The number of carboxylic acid groups (broad SMARTS) is 1. The van der Waals surface area contributed by atoms with Crippen LogP contribution in [0.5, 0.6) is 11.5 Å². The van der Waals surface area contributed by atoms with Gasteiger partial charge in [-0.25, -0.2) is 4.79 Å². The van der Waals surface area contributed by atoms with Gasteiger partial charge in [-0.2, -0.15) is 5.26 Å². The SMILES string of the molecule is CCOc1cc(/C=C(\C#N)C(=O)Nc2ccc(C(=O)O)cc2)ccc1OCC(=O)Nc1ccccc1. The molecule has 3 aromatic carbocycles. The van der Waals surface area contributed by atoms with Crippen molar-refractivity contribution in [2.75, 3.05) is 23.8 Å². The molecule has 0 unspecified atom stereocenters. The Morgan fingerprint density at radius 3 is 2.25 bits per heavy atom. The molecule has 0 saturated carbocycles. The zero-order valence-electron chi connectivity index (χ0n) is 19.4. The van der Waals surface area contributed by atoms with E-state index in [1.807, 2.05) is 12.1 Å². The second-order valence-electron chi connectivity index (χ2n) is 7.35. The van der Waals surface area contributed by atoms with Crippen molar-refractivity contribution >= 4 is 35.2 Å². The maximum Gasteiger partial charge on any atom is 0.335 e. The molecule has 0 fully saturated rings. The van der Waals surface area contributed by atoms with E-state index in [1.165, 1.54) is 30.3 Å². The summed E-state index contributed by atoms with van der Waals surface area (Å²) in [5.41, 5.74) is 1.41. The molecule has 0 spiro atoms. The number of carboxylic acids is 1. The van der Waals surface area contributed by atoms with E-state index in [0.29, 0.717) is 35.0 Å². The second-order valence-corrected chi connectivity index (χ2v) is 7.35. The zero-order chi connectivity index (χ0) is 25.9. The molecule has 9 heteroatoms. The molecule has 0 atom stereocenters. The van der Waals surface area contributed by atoms with Crippen LogP contribution in [0.3, 0.4) is 0 Å². The average Bonchev–Trinajstić information content (AvgIpc) is 2.87. The first-order valence-corrected chi connectivity index (χ1v) is 10.9. The highest BCUT2D eigenvalue weighted by atomic mass is 16.5. The first kappa shape index (κ1) is 25.5. The van der Waals surface area contributed by atoms with E-state index in [1.54, 1.807) is 49.4 Å². The maximum atomic E-state index is 12.6. The lowest BCUT2D eigenvalue weighted by atomic mass is 10.1. The van der Waals surface area contributed by atoms with Crippen molar-refractivity contribution in [2.45, 2.75) is 6.92 Å². The molecule has 9 nitrogen and oxygen atoms in total. The molecule has 0 aliphatic rings. The number of nitrogens with zero attached hydrogens (tertiary/aromatic N) is 1. The average molecular weight is 485 g/mol. The fourth-order valence-corrected chi connectivity index (χ4v) is 3.07. The molecule has 0 saturated heterocycles. The summed E-state index contributed by atoms with van der Waals surface area (Å²) in [5, 5.41) is 23.7. The summed E-state index contributed by atoms with van der Waals surface area (Å²) in [6, 6.07) is 21.2. The zero-order valence-corrected chi connectivity index (χ0v) is 19.4. The lowest BCUT2D eigenvalue weighted by Crippen LogP contribution is -2.20. The number of anilines is 2. The standard InChI is InChI=1S/C27H23N3O6/c1-2-35-24-15-18(8-13-23(24)36-17-25(31)29-21-6-4-3-5-7-21)14-20(16-28)26(32)30-22-11-9-19(10-12-22)27(33)34/h3-15H,2,17H2,1H3,(H,29,31)(H,30,32)(H,33,34)/b20-14+. The highest BCUT2D eigenvalue weighted by molar-refractivity contribution is 6.09. The Morgan fingerprint density at radius 2 is 1.61 bits per heavy atom. The molecule has 0 heterocycles. The molecule has 2 amide bonds. The molecule has 0 bridgehead atoms. The van der Waals surface area contributed by atoms with Gasteiger partial charge in [-0.3, -0.25) is 9.59 Å². The summed E-state index contributed by atoms with van der Waals surface area (Å²) in [6.07, 6.45) is 1.38. The molecule has 3 aromatic rings. The van der Waals surface area contributed by atoms with Crippen LogP contribution in [-0.2, 0) is 9.59 Å². The Hall–Kier alpha value is -5.10. The Bertz CT molecular complexity index is 1310. The minimum absolute atomic E-state index is 0.0763. The van der Waals surface area contributed by atoms with Gasteiger partial charge in [0.2, 0.25) is 0 Å². The topological polar surface area (TPSA) is 138 Å². The number of ether oxygens (including phenoxy) is 2. The monoisotopic (exact) mass is 485 g/mol. The van der Waals surface area contributed by atoms with Gasteiger partial charge in [0.05, 0.1) is 12.2 Å². The minimum Gasteiger partial charge on any atom is -0.490 e. The van der Waals surface area contributed by atoms with Crippen molar-refractivity contribution in [3.05, 3.63) is 89.5 Å². The number of rotatable bonds is 10. The Balaban J connectivity index is 1.70. The van der Waals surface area contributed by atoms with E-state index in [2.05, 4.69) is 10.6 Å². The van der Waals surface area contributed by atoms with E-state index >= 15 is 0 Å². The molecule has 0 aliphatic carbocycles. The fraction of sp³-hybridized carbons (Fsp3) is 0.111. The van der Waals surface area contributed by atoms with Gasteiger partial charge in [0.15, 0.2) is 18.1 Å². The molecule has 3 N–H and O–H groups in total. The molecule has 0 aromatic heterocycles. The number of nitrogens with one attached hydrogen (secondary N) is 2. The minimum atomic E-state index is -1.08. The van der Waals surface area contributed by atoms with Gasteiger partial charge in [0.25, 0.3) is 11.8 Å². The molecular formula is C27H23N3O6. The molecule has 3 rings (SSSR count). The summed E-state index contributed by atoms with van der Waals surface area (Å²) < 4.78 is 11.2. The van der Waals surface area contributed by atoms with Crippen molar-refractivity contribution in [3.8, 4) is 17.6 Å². The quantitative estimate of drug-likeness (QED) is 0.287. The summed E-state index contributed by atoms with van der Waals surface area (Å²) in [6.45, 7) is 1.88. The van der Waals surface area contributed by atoms with Crippen LogP contribution in [-0.4, -0.2) is 36.1 Å². The van der Waals surface area contributed by atoms with Crippen LogP contribution in [0, 0.1) is 11.3 Å². The first-order chi connectivity index (χ1) is 17.4. The highest BCUT2D eigenvalue weighted by Gasteiger charge is 2.13. The van der Waals surface area contributed by atoms with E-state index in [4.69, 9.17) is 14.6 Å². The number of nitriles is 1. The van der Waals surface area contributed by atoms with Gasteiger partial charge >= 0.3 is 5.97 Å². The number of hydrogen-bond donors (Lipinski definition) is 3. The third kappa shape index (κ3) is 7.20. The number of benzene rings is 3. The van der Waals surface area contributed by atoms with Gasteiger partial charge in [0.1, 0.15) is 11.6 Å². The van der Waals surface area contributed by atoms with Crippen molar-refractivity contribution in [1.82, 2.24) is 0 Å². The smallest absolute Gasteiger partial charge is 0.335 e. The van der Waals surface area contributed by atoms with Gasteiger partial charge < -0.3 is 25.2 Å². The second kappa shape index (κ2) is 12.4. The van der Waals surface area contributed by atoms with E-state index in [-0.39, 0.29) is 23.7 Å². The number of carbonyl (C=O) groups is 3. The number of carbonyl (C=O) groups excluding carboxylic acids is 2. The Kier molecular flexibility index (Phi) is 8.78. The normalized spacial score (nSPS) is 10.6. The molecule has 0 radical (unpaired) electrons. The van der Waals surface area contributed by atoms with Crippen molar-refractivity contribution < 1.29 is 29.0 Å². The van der Waals surface area contributed by atoms with E-state index < -0.39 is 11.9 Å². The summed E-state index contributed by atoms with van der Waals surface area (Å²) in [7, 11) is 0. The van der Waals surface area contributed by atoms with Crippen molar-refractivity contribution in [2.24, 2.45) is 0 Å². The third-order valence-electron chi connectivity index (χ3n) is 4.75. The number of amides is 2. The lowest BCUT2D eigenvalue weighted by molar-refractivity contribution is -0.118. The Morgan fingerprint density at radius 1 is 0.917 bits per heavy atom. The first-order valence-electron chi connectivity index (χ1n) is 10.9. The molecule has 0 aliphatic heterocycles. The van der Waals surface area contributed by atoms with Gasteiger partial charge in [0, 0.05) is 11.4 Å². The summed E-state index contributed by atoms with van der Waals surface area (Å²) in [5.74, 6) is -1.40. The van der Waals surface area contributed by atoms with Crippen LogP contribution in [0.2, 0.25) is 0 Å². The number of aromatic carboxylic acids is 1. The highest BCUT2D eigenvalue weighted by Crippen LogP contribution is 2.29. The fourth-order valence-electron chi connectivity index (χ4n) is 3.07.